The van der Waals surface area contributed by atoms with E-state index in [2.05, 4.69) is 10.6 Å². The minimum atomic E-state index is -0.402. The van der Waals surface area contributed by atoms with E-state index in [0.717, 1.165) is 0 Å². The Bertz CT molecular complexity index is 471. The fourth-order valence-electron chi connectivity index (χ4n) is 1.40. The molecule has 0 heterocycles. The molecule has 0 fully saturated rings. The fourth-order valence-corrected chi connectivity index (χ4v) is 1.95. The minimum absolute atomic E-state index is 0.0253. The Morgan fingerprint density at radius 3 is 2.58 bits per heavy atom. The van der Waals surface area contributed by atoms with Gasteiger partial charge in [0.25, 0.3) is 5.91 Å². The molecule has 6 heteroatoms. The average molecular weight is 277 g/mol. The number of carbonyl (C=O) groups excluding carboxylic acids is 2. The number of thioether (sulfide) groups is 1. The molecule has 0 saturated heterocycles. The molecule has 0 aliphatic carbocycles. The molecule has 0 radical (unpaired) electrons. The monoisotopic (exact) mass is 277 g/mol. The van der Waals surface area contributed by atoms with Crippen molar-refractivity contribution in [2.45, 2.75) is 5.25 Å². The molecule has 1 aromatic rings. The van der Waals surface area contributed by atoms with E-state index in [1.165, 1.54) is 11.8 Å². The third-order valence-electron chi connectivity index (χ3n) is 2.40. The van der Waals surface area contributed by atoms with Gasteiger partial charge in [0.05, 0.1) is 6.07 Å². The van der Waals surface area contributed by atoms with Crippen LogP contribution in [0.15, 0.2) is 30.3 Å². The lowest BCUT2D eigenvalue weighted by Gasteiger charge is -2.14. The Balaban J connectivity index is 2.48. The number of benzene rings is 1. The molecule has 0 aromatic heterocycles. The predicted molar refractivity (Wildman–Crippen MR) is 74.7 cm³/mol. The molecule has 1 unspecified atom stereocenters. The van der Waals surface area contributed by atoms with Gasteiger partial charge in [0.2, 0.25) is 5.91 Å². The van der Waals surface area contributed by atoms with Crippen LogP contribution in [-0.4, -0.2) is 36.4 Å². The van der Waals surface area contributed by atoms with Gasteiger partial charge in [0.1, 0.15) is 11.8 Å². The maximum atomic E-state index is 11.8. The molecular weight excluding hydrogens is 262 g/mol. The van der Waals surface area contributed by atoms with Crippen molar-refractivity contribution in [2.75, 3.05) is 19.3 Å². The number of nitrogens with zero attached hydrogens (tertiary/aromatic N) is 1. The molecule has 19 heavy (non-hydrogen) atoms. The van der Waals surface area contributed by atoms with Crippen molar-refractivity contribution >= 4 is 23.6 Å². The van der Waals surface area contributed by atoms with E-state index < -0.39 is 5.25 Å². The minimum Gasteiger partial charge on any atom is -0.350 e. The highest BCUT2D eigenvalue weighted by Gasteiger charge is 2.17. The number of nitriles is 1. The first-order valence-corrected chi connectivity index (χ1v) is 6.98. The number of nitrogens with one attached hydrogen (secondary N) is 2. The van der Waals surface area contributed by atoms with E-state index in [1.807, 2.05) is 12.1 Å². The summed E-state index contributed by atoms with van der Waals surface area (Å²) in [6.45, 7) is 0.203. The van der Waals surface area contributed by atoms with Gasteiger partial charge in [0.15, 0.2) is 0 Å². The summed E-state index contributed by atoms with van der Waals surface area (Å²) in [5.74, 6) is -0.463. The molecule has 2 N–H and O–H groups in total. The molecule has 0 spiro atoms. The van der Waals surface area contributed by atoms with E-state index >= 15 is 0 Å². The zero-order valence-corrected chi connectivity index (χ0v) is 11.4. The highest BCUT2D eigenvalue weighted by atomic mass is 32.2. The van der Waals surface area contributed by atoms with E-state index in [9.17, 15) is 9.59 Å². The van der Waals surface area contributed by atoms with Gasteiger partial charge in [0, 0.05) is 12.1 Å². The highest BCUT2D eigenvalue weighted by molar-refractivity contribution is 7.99. The molecule has 0 aliphatic rings. The van der Waals surface area contributed by atoms with Crippen molar-refractivity contribution in [3.05, 3.63) is 35.9 Å². The predicted octanol–water partition coefficient (Wildman–Crippen LogP) is 0.788. The number of hydrogen-bond acceptors (Lipinski definition) is 4. The van der Waals surface area contributed by atoms with Crippen molar-refractivity contribution in [1.82, 2.24) is 10.6 Å². The summed E-state index contributed by atoms with van der Waals surface area (Å²) in [6, 6.07) is 10.6. The standard InChI is InChI=1S/C13H15N3O2S/c1-19-11(13(18)15-8-7-14)9-16-12(17)10-5-3-2-4-6-10/h2-6,11H,8-9H2,1H3,(H,15,18)(H,16,17). The van der Waals surface area contributed by atoms with Gasteiger partial charge < -0.3 is 10.6 Å². The van der Waals surface area contributed by atoms with Crippen molar-refractivity contribution < 1.29 is 9.59 Å². The first-order valence-electron chi connectivity index (χ1n) is 5.69. The van der Waals surface area contributed by atoms with Crippen LogP contribution in [0.1, 0.15) is 10.4 Å². The molecular formula is C13H15N3O2S. The van der Waals surface area contributed by atoms with Crippen molar-refractivity contribution in [2.24, 2.45) is 0 Å². The lowest BCUT2D eigenvalue weighted by atomic mass is 10.2. The van der Waals surface area contributed by atoms with Crippen LogP contribution in [0.3, 0.4) is 0 Å². The van der Waals surface area contributed by atoms with E-state index in [0.29, 0.717) is 5.56 Å². The van der Waals surface area contributed by atoms with Crippen LogP contribution in [0.2, 0.25) is 0 Å². The fraction of sp³-hybridized carbons (Fsp3) is 0.308. The average Bonchev–Trinajstić information content (AvgIpc) is 2.46. The second-order valence-electron chi connectivity index (χ2n) is 3.68. The second kappa shape index (κ2) is 8.16. The smallest absolute Gasteiger partial charge is 0.251 e. The molecule has 100 valence electrons. The van der Waals surface area contributed by atoms with Crippen LogP contribution in [0.25, 0.3) is 0 Å². The normalized spacial score (nSPS) is 11.2. The van der Waals surface area contributed by atoms with Crippen LogP contribution in [0, 0.1) is 11.3 Å². The van der Waals surface area contributed by atoms with Gasteiger partial charge in [-0.3, -0.25) is 9.59 Å². The number of carbonyl (C=O) groups is 2. The number of amides is 2. The number of rotatable bonds is 6. The Morgan fingerprint density at radius 2 is 2.00 bits per heavy atom. The van der Waals surface area contributed by atoms with Crippen LogP contribution < -0.4 is 10.6 Å². The third-order valence-corrected chi connectivity index (χ3v) is 3.35. The summed E-state index contributed by atoms with van der Waals surface area (Å²) in [5.41, 5.74) is 0.555. The Kier molecular flexibility index (Phi) is 6.47. The Morgan fingerprint density at radius 1 is 1.32 bits per heavy atom. The van der Waals surface area contributed by atoms with Crippen LogP contribution in [-0.2, 0) is 4.79 Å². The first-order chi connectivity index (χ1) is 9.19. The van der Waals surface area contributed by atoms with Gasteiger partial charge in [-0.1, -0.05) is 18.2 Å². The number of hydrogen-bond donors (Lipinski definition) is 2. The van der Waals surface area contributed by atoms with Crippen molar-refractivity contribution in [3.63, 3.8) is 0 Å². The summed E-state index contributed by atoms with van der Waals surface area (Å²) in [6.07, 6.45) is 1.78. The molecule has 1 rings (SSSR count). The van der Waals surface area contributed by atoms with Gasteiger partial charge in [-0.2, -0.15) is 17.0 Å². The molecule has 2 amide bonds. The summed E-state index contributed by atoms with van der Waals surface area (Å²) in [5, 5.41) is 13.2. The van der Waals surface area contributed by atoms with Crippen LogP contribution in [0.5, 0.6) is 0 Å². The Labute approximate surface area is 116 Å². The molecule has 0 aliphatic heterocycles. The molecule has 0 bridgehead atoms. The third kappa shape index (κ3) is 5.02. The summed E-state index contributed by atoms with van der Waals surface area (Å²) >= 11 is 1.33. The van der Waals surface area contributed by atoms with Gasteiger partial charge in [-0.15, -0.1) is 0 Å². The van der Waals surface area contributed by atoms with Gasteiger partial charge in [-0.05, 0) is 18.4 Å². The van der Waals surface area contributed by atoms with Crippen molar-refractivity contribution in [3.8, 4) is 6.07 Å². The quantitative estimate of drug-likeness (QED) is 0.753. The summed E-state index contributed by atoms with van der Waals surface area (Å²) in [7, 11) is 0. The summed E-state index contributed by atoms with van der Waals surface area (Å²) < 4.78 is 0. The zero-order valence-electron chi connectivity index (χ0n) is 10.6. The largest absolute Gasteiger partial charge is 0.350 e. The summed E-state index contributed by atoms with van der Waals surface area (Å²) in [4.78, 5) is 23.4. The molecule has 5 nitrogen and oxygen atoms in total. The lowest BCUT2D eigenvalue weighted by molar-refractivity contribution is -0.120. The second-order valence-corrected chi connectivity index (χ2v) is 4.72. The van der Waals surface area contributed by atoms with E-state index in [-0.39, 0.29) is 24.9 Å². The van der Waals surface area contributed by atoms with Crippen LogP contribution in [0.4, 0.5) is 0 Å². The molecule has 1 atom stereocenters. The van der Waals surface area contributed by atoms with Gasteiger partial charge >= 0.3 is 0 Å². The molecule has 1 aromatic carbocycles. The molecule has 0 saturated carbocycles. The Hall–Kier alpha value is -2.00. The highest BCUT2D eigenvalue weighted by Crippen LogP contribution is 2.06. The zero-order chi connectivity index (χ0) is 14.1. The van der Waals surface area contributed by atoms with Crippen molar-refractivity contribution in [1.29, 1.82) is 5.26 Å². The maximum absolute atomic E-state index is 11.8. The van der Waals surface area contributed by atoms with Crippen LogP contribution >= 0.6 is 11.8 Å². The maximum Gasteiger partial charge on any atom is 0.251 e. The van der Waals surface area contributed by atoms with E-state index in [1.54, 1.807) is 30.5 Å². The van der Waals surface area contributed by atoms with Gasteiger partial charge in [-0.25, -0.2) is 0 Å². The van der Waals surface area contributed by atoms with E-state index in [4.69, 9.17) is 5.26 Å². The lowest BCUT2D eigenvalue weighted by Crippen LogP contribution is -2.41. The topological polar surface area (TPSA) is 82.0 Å². The SMILES string of the molecule is CSC(CNC(=O)c1ccccc1)C(=O)NCC#N. The first kappa shape index (κ1) is 15.1.